The fourth-order valence-electron chi connectivity index (χ4n) is 2.39. The van der Waals surface area contributed by atoms with Gasteiger partial charge in [-0.05, 0) is 40.0 Å². The summed E-state index contributed by atoms with van der Waals surface area (Å²) in [5.74, 6) is 0. The van der Waals surface area contributed by atoms with Crippen molar-refractivity contribution in [2.24, 2.45) is 0 Å². The fraction of sp³-hybridized carbons (Fsp3) is 0.188. The Bertz CT molecular complexity index is 698. The lowest BCUT2D eigenvalue weighted by atomic mass is 9.83. The summed E-state index contributed by atoms with van der Waals surface area (Å²) in [6.07, 6.45) is -4.56. The summed E-state index contributed by atoms with van der Waals surface area (Å²) >= 11 is 2.71. The van der Waals surface area contributed by atoms with Gasteiger partial charge in [-0.15, -0.1) is 0 Å². The molecule has 0 heterocycles. The van der Waals surface area contributed by atoms with Crippen molar-refractivity contribution < 1.29 is 23.1 Å². The average Bonchev–Trinajstić information content (AvgIpc) is 2.46. The van der Waals surface area contributed by atoms with E-state index in [9.17, 15) is 23.1 Å². The highest BCUT2D eigenvalue weighted by Gasteiger charge is 2.42. The number of carbonyl (C=O) groups is 1. The zero-order valence-corrected chi connectivity index (χ0v) is 13.1. The van der Waals surface area contributed by atoms with E-state index in [1.54, 1.807) is 18.2 Å². The first-order chi connectivity index (χ1) is 10.2. The molecule has 22 heavy (non-hydrogen) atoms. The summed E-state index contributed by atoms with van der Waals surface area (Å²) in [7, 11) is 0. The Balaban J connectivity index is 2.74. The van der Waals surface area contributed by atoms with Gasteiger partial charge in [0.25, 0.3) is 0 Å². The number of rotatable bonds is 3. The maximum atomic E-state index is 13.0. The maximum Gasteiger partial charge on any atom is 0.416 e. The molecule has 6 heteroatoms. The van der Waals surface area contributed by atoms with Crippen LogP contribution >= 0.6 is 15.9 Å². The standard InChI is InChI=1S/C16H12BrF3O2/c1-10-12(8-5-9-13(10)16(18,19)20)15(22,14(17)21)11-6-3-2-4-7-11/h2-9,22H,1H3. The van der Waals surface area contributed by atoms with E-state index < -0.39 is 22.0 Å². The van der Waals surface area contributed by atoms with Crippen molar-refractivity contribution in [1.82, 2.24) is 0 Å². The van der Waals surface area contributed by atoms with Gasteiger partial charge < -0.3 is 5.11 Å². The second kappa shape index (κ2) is 5.85. The molecular weight excluding hydrogens is 361 g/mol. The molecule has 0 bridgehead atoms. The van der Waals surface area contributed by atoms with Crippen LogP contribution in [-0.4, -0.2) is 9.80 Å². The van der Waals surface area contributed by atoms with Crippen LogP contribution in [0.3, 0.4) is 0 Å². The van der Waals surface area contributed by atoms with Gasteiger partial charge in [0.05, 0.1) is 5.56 Å². The zero-order valence-electron chi connectivity index (χ0n) is 11.5. The number of hydrogen-bond donors (Lipinski definition) is 1. The van der Waals surface area contributed by atoms with Gasteiger partial charge in [-0.25, -0.2) is 0 Å². The Hall–Kier alpha value is -1.66. The molecule has 2 nitrogen and oxygen atoms in total. The zero-order chi connectivity index (χ0) is 16.5. The molecule has 0 spiro atoms. The molecule has 0 saturated heterocycles. The summed E-state index contributed by atoms with van der Waals surface area (Å²) in [6.45, 7) is 1.24. The minimum atomic E-state index is -4.56. The van der Waals surface area contributed by atoms with Crippen LogP contribution in [-0.2, 0) is 16.6 Å². The number of halogens is 4. The predicted molar refractivity (Wildman–Crippen MR) is 79.6 cm³/mol. The van der Waals surface area contributed by atoms with Crippen molar-refractivity contribution >= 4 is 20.6 Å². The van der Waals surface area contributed by atoms with E-state index >= 15 is 0 Å². The van der Waals surface area contributed by atoms with E-state index in [0.717, 1.165) is 6.07 Å². The van der Waals surface area contributed by atoms with Gasteiger partial charge in [0.1, 0.15) is 0 Å². The number of benzene rings is 2. The molecule has 116 valence electrons. The first-order valence-electron chi connectivity index (χ1n) is 6.34. The van der Waals surface area contributed by atoms with Crippen LogP contribution in [0.1, 0.15) is 22.3 Å². The van der Waals surface area contributed by atoms with Crippen molar-refractivity contribution in [1.29, 1.82) is 0 Å². The largest absolute Gasteiger partial charge is 0.416 e. The van der Waals surface area contributed by atoms with E-state index in [1.807, 2.05) is 0 Å². The summed E-state index contributed by atoms with van der Waals surface area (Å²) in [4.78, 5) is 12.0. The van der Waals surface area contributed by atoms with Crippen LogP contribution < -0.4 is 0 Å². The smallest absolute Gasteiger partial charge is 0.372 e. The molecule has 0 fully saturated rings. The lowest BCUT2D eigenvalue weighted by Crippen LogP contribution is -2.35. The van der Waals surface area contributed by atoms with Crippen LogP contribution in [0.4, 0.5) is 13.2 Å². The van der Waals surface area contributed by atoms with E-state index in [-0.39, 0.29) is 16.7 Å². The molecule has 0 amide bonds. The van der Waals surface area contributed by atoms with E-state index in [2.05, 4.69) is 15.9 Å². The van der Waals surface area contributed by atoms with Crippen molar-refractivity contribution in [2.45, 2.75) is 18.7 Å². The summed E-state index contributed by atoms with van der Waals surface area (Å²) in [5.41, 5.74) is -3.16. The van der Waals surface area contributed by atoms with Crippen molar-refractivity contribution in [3.8, 4) is 0 Å². The van der Waals surface area contributed by atoms with Crippen LogP contribution in [0.15, 0.2) is 48.5 Å². The molecule has 0 aromatic heterocycles. The Morgan fingerprint density at radius 1 is 1.00 bits per heavy atom. The highest BCUT2D eigenvalue weighted by atomic mass is 79.9. The second-order valence-electron chi connectivity index (χ2n) is 4.83. The SMILES string of the molecule is Cc1c(C(F)(F)F)cccc1C(O)(C(=O)Br)c1ccccc1. The van der Waals surface area contributed by atoms with Gasteiger partial charge in [0.15, 0.2) is 5.60 Å². The number of carbonyl (C=O) groups excluding carboxylic acids is 1. The molecule has 2 aromatic carbocycles. The fourth-order valence-corrected chi connectivity index (χ4v) is 2.83. The Kier molecular flexibility index (Phi) is 4.44. The lowest BCUT2D eigenvalue weighted by molar-refractivity contribution is -0.138. The molecule has 0 saturated carbocycles. The third-order valence-corrected chi connectivity index (χ3v) is 4.08. The quantitative estimate of drug-likeness (QED) is 0.820. The molecule has 1 unspecified atom stereocenters. The molecule has 1 atom stereocenters. The van der Waals surface area contributed by atoms with Gasteiger partial charge in [0.2, 0.25) is 4.69 Å². The van der Waals surface area contributed by atoms with Gasteiger partial charge in [-0.3, -0.25) is 4.79 Å². The molecule has 0 aliphatic rings. The average molecular weight is 373 g/mol. The molecule has 0 aliphatic carbocycles. The first-order valence-corrected chi connectivity index (χ1v) is 7.13. The summed E-state index contributed by atoms with van der Waals surface area (Å²) in [5, 5.41) is 10.8. The Morgan fingerprint density at radius 2 is 1.55 bits per heavy atom. The predicted octanol–water partition coefficient (Wildman–Crippen LogP) is 4.17. The molecule has 2 aromatic rings. The second-order valence-corrected chi connectivity index (χ2v) is 5.55. The van der Waals surface area contributed by atoms with E-state index in [1.165, 1.54) is 31.2 Å². The monoisotopic (exact) mass is 372 g/mol. The number of hydrogen-bond acceptors (Lipinski definition) is 2. The van der Waals surface area contributed by atoms with Crippen molar-refractivity contribution in [2.75, 3.05) is 0 Å². The van der Waals surface area contributed by atoms with Crippen LogP contribution in [0, 0.1) is 6.92 Å². The molecule has 0 aliphatic heterocycles. The molecule has 0 radical (unpaired) electrons. The lowest BCUT2D eigenvalue weighted by Gasteiger charge is -2.28. The van der Waals surface area contributed by atoms with Crippen molar-refractivity contribution in [3.63, 3.8) is 0 Å². The highest BCUT2D eigenvalue weighted by Crippen LogP contribution is 2.39. The van der Waals surface area contributed by atoms with Crippen LogP contribution in [0.5, 0.6) is 0 Å². The van der Waals surface area contributed by atoms with Crippen molar-refractivity contribution in [3.05, 3.63) is 70.8 Å². The number of aliphatic hydroxyl groups is 1. The van der Waals surface area contributed by atoms with E-state index in [4.69, 9.17) is 0 Å². The molecule has 2 rings (SSSR count). The maximum absolute atomic E-state index is 13.0. The van der Waals surface area contributed by atoms with Crippen LogP contribution in [0.2, 0.25) is 0 Å². The Labute approximate surface area is 133 Å². The van der Waals surface area contributed by atoms with Gasteiger partial charge >= 0.3 is 6.18 Å². The van der Waals surface area contributed by atoms with E-state index in [0.29, 0.717) is 0 Å². The third kappa shape index (κ3) is 2.80. The van der Waals surface area contributed by atoms with Crippen LogP contribution in [0.25, 0.3) is 0 Å². The van der Waals surface area contributed by atoms with Gasteiger partial charge in [0, 0.05) is 5.56 Å². The molecular formula is C16H12BrF3O2. The number of alkyl halides is 3. The third-order valence-electron chi connectivity index (χ3n) is 3.51. The minimum absolute atomic E-state index is 0.101. The summed E-state index contributed by atoms with van der Waals surface area (Å²) in [6, 6.07) is 11.3. The highest BCUT2D eigenvalue weighted by molar-refractivity contribution is 9.18. The van der Waals surface area contributed by atoms with Gasteiger partial charge in [-0.2, -0.15) is 13.2 Å². The topological polar surface area (TPSA) is 37.3 Å². The molecule has 1 N–H and O–H groups in total. The summed E-state index contributed by atoms with van der Waals surface area (Å²) < 4.78 is 38.3. The Morgan fingerprint density at radius 3 is 2.05 bits per heavy atom. The normalized spacial score (nSPS) is 14.5. The minimum Gasteiger partial charge on any atom is -0.372 e. The first kappa shape index (κ1) is 16.7. The van der Waals surface area contributed by atoms with Gasteiger partial charge in [-0.1, -0.05) is 42.5 Å².